The van der Waals surface area contributed by atoms with Gasteiger partial charge in [0.2, 0.25) is 0 Å². The molecule has 2 aromatic carbocycles. The van der Waals surface area contributed by atoms with Crippen LogP contribution in [0.3, 0.4) is 0 Å². The van der Waals surface area contributed by atoms with Crippen molar-refractivity contribution in [1.29, 1.82) is 0 Å². The Bertz CT molecular complexity index is 575. The first kappa shape index (κ1) is 16.8. The Labute approximate surface area is 127 Å². The molecule has 0 saturated carbocycles. The molecule has 2 nitrogen and oxygen atoms in total. The Morgan fingerprint density at radius 1 is 1.10 bits per heavy atom. The summed E-state index contributed by atoms with van der Waals surface area (Å²) in [5.74, 6) is 0.906. The number of benzene rings is 2. The summed E-state index contributed by atoms with van der Waals surface area (Å²) in [5.41, 5.74) is 7.60. The van der Waals surface area contributed by atoms with Crippen LogP contribution < -0.4 is 10.5 Å². The molecule has 2 aromatic rings. The summed E-state index contributed by atoms with van der Waals surface area (Å²) >= 11 is 0. The molecule has 20 heavy (non-hydrogen) atoms. The molecule has 1 atom stereocenters. The first-order valence-corrected chi connectivity index (χ1v) is 6.85. The fraction of sp³-hybridized carbons (Fsp3) is 0.412. The summed E-state index contributed by atoms with van der Waals surface area (Å²) in [7, 11) is 0. The average molecular weight is 294 g/mol. The van der Waals surface area contributed by atoms with Crippen molar-refractivity contribution in [2.45, 2.75) is 33.7 Å². The summed E-state index contributed by atoms with van der Waals surface area (Å²) in [4.78, 5) is 0. The Morgan fingerprint density at radius 2 is 1.75 bits per heavy atom. The van der Waals surface area contributed by atoms with Crippen LogP contribution in [-0.4, -0.2) is 6.61 Å². The second-order valence-electron chi connectivity index (χ2n) is 5.98. The molecule has 0 aromatic heterocycles. The molecule has 0 unspecified atom stereocenters. The van der Waals surface area contributed by atoms with Gasteiger partial charge in [-0.05, 0) is 29.2 Å². The van der Waals surface area contributed by atoms with Gasteiger partial charge in [-0.25, -0.2) is 0 Å². The van der Waals surface area contributed by atoms with Gasteiger partial charge in [0.25, 0.3) is 0 Å². The van der Waals surface area contributed by atoms with Crippen molar-refractivity contribution in [3.8, 4) is 5.75 Å². The number of fused-ring (bicyclic) bond motifs is 1. The van der Waals surface area contributed by atoms with Crippen LogP contribution in [0.4, 0.5) is 0 Å². The van der Waals surface area contributed by atoms with Crippen LogP contribution in [-0.2, 0) is 0 Å². The lowest BCUT2D eigenvalue weighted by atomic mass is 9.81. The number of halogens is 1. The van der Waals surface area contributed by atoms with Crippen molar-refractivity contribution >= 4 is 23.2 Å². The molecule has 2 rings (SSSR count). The lowest BCUT2D eigenvalue weighted by molar-refractivity contribution is 0.300. The second-order valence-corrected chi connectivity index (χ2v) is 5.98. The predicted molar refractivity (Wildman–Crippen MR) is 88.7 cm³/mol. The van der Waals surface area contributed by atoms with E-state index in [0.717, 1.165) is 11.3 Å². The van der Waals surface area contributed by atoms with Crippen LogP contribution in [0.25, 0.3) is 10.8 Å². The van der Waals surface area contributed by atoms with E-state index in [-0.39, 0.29) is 23.9 Å². The summed E-state index contributed by atoms with van der Waals surface area (Å²) in [5, 5.41) is 2.40. The molecular formula is C17H24ClNO. The highest BCUT2D eigenvalue weighted by Crippen LogP contribution is 2.39. The van der Waals surface area contributed by atoms with Crippen molar-refractivity contribution in [2.24, 2.45) is 11.1 Å². The first-order valence-electron chi connectivity index (χ1n) is 6.85. The number of hydrogen-bond acceptors (Lipinski definition) is 2. The Morgan fingerprint density at radius 3 is 2.35 bits per heavy atom. The van der Waals surface area contributed by atoms with Gasteiger partial charge >= 0.3 is 0 Å². The molecule has 0 aliphatic carbocycles. The zero-order valence-electron chi connectivity index (χ0n) is 12.6. The van der Waals surface area contributed by atoms with Gasteiger partial charge in [-0.2, -0.15) is 0 Å². The molecule has 0 aliphatic rings. The molecule has 0 bridgehead atoms. The van der Waals surface area contributed by atoms with Gasteiger partial charge in [0.05, 0.1) is 6.61 Å². The maximum Gasteiger partial charge on any atom is 0.124 e. The summed E-state index contributed by atoms with van der Waals surface area (Å²) in [6.45, 7) is 9.14. The quantitative estimate of drug-likeness (QED) is 0.890. The molecule has 110 valence electrons. The highest BCUT2D eigenvalue weighted by molar-refractivity contribution is 5.88. The fourth-order valence-electron chi connectivity index (χ4n) is 2.31. The Balaban J connectivity index is 0.00000200. The standard InChI is InChI=1S/C17H23NO.ClH/c1-5-19-14-11-10-12-8-6-7-9-13(12)15(14)16(18)17(2,3)4;/h6-11,16H,5,18H2,1-4H3;1H/t16-;/m1./s1. The normalized spacial score (nSPS) is 12.8. The third-order valence-electron chi connectivity index (χ3n) is 3.47. The summed E-state index contributed by atoms with van der Waals surface area (Å²) in [6.07, 6.45) is 0. The van der Waals surface area contributed by atoms with E-state index in [2.05, 4.69) is 51.1 Å². The largest absolute Gasteiger partial charge is 0.494 e. The zero-order chi connectivity index (χ0) is 14.0. The van der Waals surface area contributed by atoms with Gasteiger partial charge < -0.3 is 10.5 Å². The van der Waals surface area contributed by atoms with Crippen LogP contribution in [0.1, 0.15) is 39.3 Å². The zero-order valence-corrected chi connectivity index (χ0v) is 13.5. The molecule has 0 fully saturated rings. The van der Waals surface area contributed by atoms with Crippen molar-refractivity contribution in [2.75, 3.05) is 6.61 Å². The SMILES string of the molecule is CCOc1ccc2ccccc2c1[C@@H](N)C(C)(C)C.Cl. The van der Waals surface area contributed by atoms with Gasteiger partial charge in [-0.3, -0.25) is 0 Å². The van der Waals surface area contributed by atoms with E-state index in [1.54, 1.807) is 0 Å². The van der Waals surface area contributed by atoms with Gasteiger partial charge in [0, 0.05) is 11.6 Å². The minimum Gasteiger partial charge on any atom is -0.494 e. The average Bonchev–Trinajstić information content (AvgIpc) is 2.37. The second kappa shape index (κ2) is 6.47. The van der Waals surface area contributed by atoms with Crippen LogP contribution in [0.2, 0.25) is 0 Å². The van der Waals surface area contributed by atoms with Crippen LogP contribution in [0.5, 0.6) is 5.75 Å². The van der Waals surface area contributed by atoms with E-state index in [1.165, 1.54) is 10.8 Å². The van der Waals surface area contributed by atoms with Gasteiger partial charge in [-0.1, -0.05) is 51.1 Å². The molecule has 0 radical (unpaired) electrons. The number of hydrogen-bond donors (Lipinski definition) is 1. The summed E-state index contributed by atoms with van der Waals surface area (Å²) in [6, 6.07) is 12.4. The number of ether oxygens (including phenoxy) is 1. The number of rotatable bonds is 3. The highest BCUT2D eigenvalue weighted by atomic mass is 35.5. The lowest BCUT2D eigenvalue weighted by Gasteiger charge is -2.30. The van der Waals surface area contributed by atoms with Gasteiger partial charge in [0.15, 0.2) is 0 Å². The maximum absolute atomic E-state index is 6.49. The van der Waals surface area contributed by atoms with Crippen molar-refractivity contribution in [1.82, 2.24) is 0 Å². The monoisotopic (exact) mass is 293 g/mol. The number of nitrogens with two attached hydrogens (primary N) is 1. The van der Waals surface area contributed by atoms with Crippen molar-refractivity contribution in [3.63, 3.8) is 0 Å². The van der Waals surface area contributed by atoms with Gasteiger partial charge in [-0.15, -0.1) is 12.4 Å². The van der Waals surface area contributed by atoms with Crippen LogP contribution >= 0.6 is 12.4 Å². The molecule has 0 saturated heterocycles. The topological polar surface area (TPSA) is 35.2 Å². The molecule has 2 N–H and O–H groups in total. The Hall–Kier alpha value is -1.25. The molecule has 3 heteroatoms. The molecular weight excluding hydrogens is 270 g/mol. The van der Waals surface area contributed by atoms with Gasteiger partial charge in [0.1, 0.15) is 5.75 Å². The van der Waals surface area contributed by atoms with Crippen molar-refractivity contribution in [3.05, 3.63) is 42.0 Å². The first-order chi connectivity index (χ1) is 8.95. The lowest BCUT2D eigenvalue weighted by Crippen LogP contribution is -2.27. The highest BCUT2D eigenvalue weighted by Gasteiger charge is 2.26. The smallest absolute Gasteiger partial charge is 0.124 e. The van der Waals surface area contributed by atoms with Crippen LogP contribution in [0, 0.1) is 5.41 Å². The van der Waals surface area contributed by atoms with Crippen LogP contribution in [0.15, 0.2) is 36.4 Å². The van der Waals surface area contributed by atoms with E-state index >= 15 is 0 Å². The van der Waals surface area contributed by atoms with Crippen molar-refractivity contribution < 1.29 is 4.74 Å². The summed E-state index contributed by atoms with van der Waals surface area (Å²) < 4.78 is 5.78. The minimum absolute atomic E-state index is 0. The van der Waals surface area contributed by atoms with E-state index in [0.29, 0.717) is 6.61 Å². The van der Waals surface area contributed by atoms with E-state index in [1.807, 2.05) is 13.0 Å². The third kappa shape index (κ3) is 3.25. The van der Waals surface area contributed by atoms with E-state index in [4.69, 9.17) is 10.5 Å². The molecule has 0 aliphatic heterocycles. The fourth-order valence-corrected chi connectivity index (χ4v) is 2.31. The predicted octanol–water partition coefficient (Wildman–Crippen LogP) is 4.71. The maximum atomic E-state index is 6.49. The molecule has 0 heterocycles. The minimum atomic E-state index is -0.0554. The molecule has 0 spiro atoms. The Kier molecular flexibility index (Phi) is 5.43. The van der Waals surface area contributed by atoms with E-state index < -0.39 is 0 Å². The third-order valence-corrected chi connectivity index (χ3v) is 3.47. The molecule has 0 amide bonds. The van der Waals surface area contributed by atoms with E-state index in [9.17, 15) is 0 Å².